The molecule has 4 aromatic rings. The Balaban J connectivity index is 1.38. The van der Waals surface area contributed by atoms with Crippen LogP contribution in [0, 0.1) is 5.92 Å². The number of nitrogens with zero attached hydrogens (tertiary/aromatic N) is 2. The van der Waals surface area contributed by atoms with Gasteiger partial charge in [-0.15, -0.1) is 0 Å². The number of hydrogen-bond donors (Lipinski definition) is 1. The molecule has 0 unspecified atom stereocenters. The Hall–Kier alpha value is -4.65. The van der Waals surface area contributed by atoms with Crippen LogP contribution in [-0.2, 0) is 22.6 Å². The van der Waals surface area contributed by atoms with E-state index < -0.39 is 6.04 Å². The highest BCUT2D eigenvalue weighted by Gasteiger charge is 2.32. The van der Waals surface area contributed by atoms with Crippen molar-refractivity contribution in [3.63, 3.8) is 0 Å². The van der Waals surface area contributed by atoms with Crippen molar-refractivity contribution in [1.82, 2.24) is 10.2 Å². The molecule has 1 N–H and O–H groups in total. The van der Waals surface area contributed by atoms with Gasteiger partial charge in [-0.1, -0.05) is 80.6 Å². The van der Waals surface area contributed by atoms with E-state index in [0.29, 0.717) is 37.2 Å². The molecule has 4 aromatic carbocycles. The molecule has 3 amide bonds. The third-order valence-electron chi connectivity index (χ3n) is 7.86. The van der Waals surface area contributed by atoms with E-state index in [1.807, 2.05) is 105 Å². The van der Waals surface area contributed by atoms with Gasteiger partial charge >= 0.3 is 0 Å². The van der Waals surface area contributed by atoms with Crippen molar-refractivity contribution in [1.29, 1.82) is 0 Å². The molecule has 7 nitrogen and oxygen atoms in total. The first-order valence-electron chi connectivity index (χ1n) is 14.9. The molecule has 7 heteroatoms. The van der Waals surface area contributed by atoms with Gasteiger partial charge in [0, 0.05) is 43.4 Å². The monoisotopic (exact) mass is 577 g/mol. The maximum absolute atomic E-state index is 14.1. The highest BCUT2D eigenvalue weighted by molar-refractivity contribution is 6.25. The second-order valence-electron chi connectivity index (χ2n) is 11.5. The molecule has 0 saturated heterocycles. The van der Waals surface area contributed by atoms with Gasteiger partial charge in [0.15, 0.2) is 0 Å². The largest absolute Gasteiger partial charge is 0.497 e. The van der Waals surface area contributed by atoms with Crippen molar-refractivity contribution in [3.8, 4) is 5.75 Å². The fourth-order valence-electron chi connectivity index (χ4n) is 5.68. The van der Waals surface area contributed by atoms with E-state index in [4.69, 9.17) is 4.74 Å². The molecule has 0 aromatic heterocycles. The van der Waals surface area contributed by atoms with Crippen molar-refractivity contribution < 1.29 is 19.1 Å². The predicted octanol–water partition coefficient (Wildman–Crippen LogP) is 6.00. The van der Waals surface area contributed by atoms with Crippen LogP contribution in [0.1, 0.15) is 48.2 Å². The van der Waals surface area contributed by atoms with E-state index in [1.54, 1.807) is 16.9 Å². The van der Waals surface area contributed by atoms with Crippen LogP contribution < -0.4 is 15.0 Å². The highest BCUT2D eigenvalue weighted by atomic mass is 16.5. The van der Waals surface area contributed by atoms with E-state index in [2.05, 4.69) is 5.32 Å². The van der Waals surface area contributed by atoms with Gasteiger partial charge in [0.1, 0.15) is 11.8 Å². The lowest BCUT2D eigenvalue weighted by Gasteiger charge is -2.32. The van der Waals surface area contributed by atoms with Crippen LogP contribution in [0.2, 0.25) is 0 Å². The summed E-state index contributed by atoms with van der Waals surface area (Å²) in [4.78, 5) is 44.5. The summed E-state index contributed by atoms with van der Waals surface area (Å²) in [7, 11) is 1.61. The summed E-state index contributed by atoms with van der Waals surface area (Å²) in [6.45, 7) is 5.28. The van der Waals surface area contributed by atoms with Crippen LogP contribution in [0.25, 0.3) is 10.8 Å². The minimum atomic E-state index is -0.703. The average molecular weight is 578 g/mol. The molecule has 1 atom stereocenters. The third kappa shape index (κ3) is 6.88. The first-order valence-corrected chi connectivity index (χ1v) is 14.9. The molecule has 0 spiro atoms. The fourth-order valence-corrected chi connectivity index (χ4v) is 5.68. The maximum Gasteiger partial charge on any atom is 0.258 e. The van der Waals surface area contributed by atoms with Crippen LogP contribution in [0.5, 0.6) is 5.75 Å². The smallest absolute Gasteiger partial charge is 0.258 e. The minimum absolute atomic E-state index is 0.0393. The number of methoxy groups -OCH3 is 1. The van der Waals surface area contributed by atoms with E-state index in [1.165, 1.54) is 0 Å². The normalized spacial score (nSPS) is 12.9. The zero-order valence-electron chi connectivity index (χ0n) is 25.1. The Bertz CT molecular complexity index is 1600. The van der Waals surface area contributed by atoms with Gasteiger partial charge in [0.05, 0.1) is 12.8 Å². The SMILES string of the molecule is COc1cccc(CN(C(=O)CCCN2C(=O)c3cccc4cccc2c34)[C@@H](Cc2ccccc2)C(=O)NCC(C)C)c1. The summed E-state index contributed by atoms with van der Waals surface area (Å²) in [5.41, 5.74) is 3.43. The first-order chi connectivity index (χ1) is 20.9. The number of nitrogens with one attached hydrogen (secondary N) is 1. The predicted molar refractivity (Wildman–Crippen MR) is 170 cm³/mol. The average Bonchev–Trinajstić information content (AvgIpc) is 3.30. The maximum atomic E-state index is 14.1. The molecule has 0 fully saturated rings. The second kappa shape index (κ2) is 13.6. The standard InChI is InChI=1S/C36H39N3O4/c1-25(2)23-37-35(41)32(22-26-11-5-4-6-12-26)39(24-27-13-7-16-29(21-27)43-3)33(40)19-10-20-38-31-18-9-15-28-14-8-17-30(34(28)31)36(38)42/h4-9,11-18,21,25,32H,10,19-20,22-24H2,1-3H3,(H,37,41)/t32-/m0/s1. The van der Waals surface area contributed by atoms with Crippen molar-refractivity contribution in [2.24, 2.45) is 5.92 Å². The molecule has 1 heterocycles. The molecule has 1 aliphatic rings. The molecule has 43 heavy (non-hydrogen) atoms. The van der Waals surface area contributed by atoms with Crippen LogP contribution in [0.3, 0.4) is 0 Å². The topological polar surface area (TPSA) is 79.0 Å². The lowest BCUT2D eigenvalue weighted by molar-refractivity contribution is -0.141. The molecule has 0 saturated carbocycles. The van der Waals surface area contributed by atoms with Crippen molar-refractivity contribution in [2.45, 2.75) is 45.7 Å². The number of amides is 3. The van der Waals surface area contributed by atoms with Gasteiger partial charge in [-0.25, -0.2) is 0 Å². The van der Waals surface area contributed by atoms with Crippen molar-refractivity contribution >= 4 is 34.2 Å². The fraction of sp³-hybridized carbons (Fsp3) is 0.306. The number of ether oxygens (including phenoxy) is 1. The van der Waals surface area contributed by atoms with E-state index in [-0.39, 0.29) is 36.6 Å². The minimum Gasteiger partial charge on any atom is -0.497 e. The molecule has 5 rings (SSSR count). The van der Waals surface area contributed by atoms with Gasteiger partial charge in [0.2, 0.25) is 11.8 Å². The van der Waals surface area contributed by atoms with Crippen LogP contribution in [-0.4, -0.2) is 48.9 Å². The Kier molecular flexibility index (Phi) is 9.40. The Morgan fingerprint density at radius 2 is 1.63 bits per heavy atom. The van der Waals surface area contributed by atoms with Crippen LogP contribution >= 0.6 is 0 Å². The Morgan fingerprint density at radius 3 is 2.37 bits per heavy atom. The lowest BCUT2D eigenvalue weighted by atomic mass is 10.0. The van der Waals surface area contributed by atoms with Gasteiger partial charge < -0.3 is 19.9 Å². The molecule has 0 bridgehead atoms. The second-order valence-corrected chi connectivity index (χ2v) is 11.5. The molecule has 0 aliphatic carbocycles. The van der Waals surface area contributed by atoms with E-state index >= 15 is 0 Å². The van der Waals surface area contributed by atoms with Gasteiger partial charge in [-0.2, -0.15) is 0 Å². The lowest BCUT2D eigenvalue weighted by Crippen LogP contribution is -2.51. The van der Waals surface area contributed by atoms with Crippen LogP contribution in [0.15, 0.2) is 91.0 Å². The van der Waals surface area contributed by atoms with E-state index in [9.17, 15) is 14.4 Å². The van der Waals surface area contributed by atoms with Gasteiger partial charge in [0.25, 0.3) is 5.91 Å². The van der Waals surface area contributed by atoms with Crippen molar-refractivity contribution in [2.75, 3.05) is 25.1 Å². The van der Waals surface area contributed by atoms with Crippen molar-refractivity contribution in [3.05, 3.63) is 108 Å². The summed E-state index contributed by atoms with van der Waals surface area (Å²) in [6, 6.07) is 28.4. The number of carbonyl (C=O) groups is 3. The van der Waals surface area contributed by atoms with Gasteiger partial charge in [-0.3, -0.25) is 14.4 Å². The van der Waals surface area contributed by atoms with Gasteiger partial charge in [-0.05, 0) is 53.1 Å². The molecule has 222 valence electrons. The summed E-state index contributed by atoms with van der Waals surface area (Å²) in [5.74, 6) is 0.615. The molecular weight excluding hydrogens is 538 g/mol. The summed E-state index contributed by atoms with van der Waals surface area (Å²) in [6.07, 6.45) is 1.06. The Morgan fingerprint density at radius 1 is 0.907 bits per heavy atom. The summed E-state index contributed by atoms with van der Waals surface area (Å²) < 4.78 is 5.43. The number of anilines is 1. The quantitative estimate of drug-likeness (QED) is 0.211. The highest BCUT2D eigenvalue weighted by Crippen LogP contribution is 2.37. The summed E-state index contributed by atoms with van der Waals surface area (Å²) in [5, 5.41) is 5.06. The van der Waals surface area contributed by atoms with Crippen LogP contribution in [0.4, 0.5) is 5.69 Å². The number of benzene rings is 4. The third-order valence-corrected chi connectivity index (χ3v) is 7.86. The Labute approximate surface area is 253 Å². The molecule has 1 aliphatic heterocycles. The summed E-state index contributed by atoms with van der Waals surface area (Å²) >= 11 is 0. The zero-order valence-corrected chi connectivity index (χ0v) is 25.1. The molecule has 0 radical (unpaired) electrons. The zero-order chi connectivity index (χ0) is 30.3. The number of hydrogen-bond acceptors (Lipinski definition) is 4. The first kappa shape index (κ1) is 29.8. The van der Waals surface area contributed by atoms with E-state index in [0.717, 1.165) is 27.6 Å². The molecular formula is C36H39N3O4. The number of carbonyl (C=O) groups excluding carboxylic acids is 3. The number of rotatable bonds is 13.